The van der Waals surface area contributed by atoms with E-state index in [1.807, 2.05) is 6.08 Å². The first-order chi connectivity index (χ1) is 8.15. The molecule has 3 nitrogen and oxygen atoms in total. The van der Waals surface area contributed by atoms with Crippen LogP contribution in [-0.4, -0.2) is 29.1 Å². The fourth-order valence-corrected chi connectivity index (χ4v) is 1.81. The number of carboxylic acid groups (broad SMARTS) is 1. The standard InChI is InChI=1S/C12H14FNO2S/c1-2-6-17-7-5-14-9-3-4-10(12(15)16)11(13)8-9/h2-4,8,14H,1,5-7H2,(H,15,16). The number of anilines is 1. The quantitative estimate of drug-likeness (QED) is 0.581. The Morgan fingerprint density at radius 3 is 2.94 bits per heavy atom. The minimum absolute atomic E-state index is 0.309. The van der Waals surface area contributed by atoms with E-state index in [2.05, 4.69) is 11.9 Å². The molecule has 1 rings (SSSR count). The molecule has 0 unspecified atom stereocenters. The second-order valence-corrected chi connectivity index (χ2v) is 4.44. The van der Waals surface area contributed by atoms with Crippen LogP contribution < -0.4 is 5.32 Å². The lowest BCUT2D eigenvalue weighted by Gasteiger charge is -2.06. The van der Waals surface area contributed by atoms with Crippen LogP contribution in [0.3, 0.4) is 0 Å². The number of halogens is 1. The Labute approximate surface area is 104 Å². The minimum Gasteiger partial charge on any atom is -0.478 e. The summed E-state index contributed by atoms with van der Waals surface area (Å²) in [5, 5.41) is 11.7. The van der Waals surface area contributed by atoms with Crippen molar-refractivity contribution in [3.63, 3.8) is 0 Å². The third kappa shape index (κ3) is 4.48. The van der Waals surface area contributed by atoms with E-state index < -0.39 is 11.8 Å². The lowest BCUT2D eigenvalue weighted by atomic mass is 10.2. The lowest BCUT2D eigenvalue weighted by molar-refractivity contribution is 0.0692. The second kappa shape index (κ2) is 6.96. The first kappa shape index (κ1) is 13.6. The van der Waals surface area contributed by atoms with E-state index in [0.29, 0.717) is 12.2 Å². The van der Waals surface area contributed by atoms with Gasteiger partial charge < -0.3 is 10.4 Å². The van der Waals surface area contributed by atoms with Crippen molar-refractivity contribution < 1.29 is 14.3 Å². The maximum atomic E-state index is 13.3. The predicted molar refractivity (Wildman–Crippen MR) is 69.4 cm³/mol. The van der Waals surface area contributed by atoms with Gasteiger partial charge in [0.15, 0.2) is 0 Å². The Hall–Kier alpha value is -1.49. The van der Waals surface area contributed by atoms with E-state index in [-0.39, 0.29) is 5.56 Å². The highest BCUT2D eigenvalue weighted by atomic mass is 32.2. The van der Waals surface area contributed by atoms with Crippen molar-refractivity contribution in [3.8, 4) is 0 Å². The number of rotatable bonds is 7. The molecule has 0 saturated heterocycles. The molecule has 0 saturated carbocycles. The van der Waals surface area contributed by atoms with Crippen LogP contribution in [0.1, 0.15) is 10.4 Å². The average molecular weight is 255 g/mol. The summed E-state index contributed by atoms with van der Waals surface area (Å²) >= 11 is 1.72. The molecular weight excluding hydrogens is 241 g/mol. The van der Waals surface area contributed by atoms with Crippen LogP contribution in [0.25, 0.3) is 0 Å². The highest BCUT2D eigenvalue weighted by Crippen LogP contribution is 2.14. The molecule has 0 aliphatic rings. The zero-order valence-electron chi connectivity index (χ0n) is 9.28. The number of nitrogens with one attached hydrogen (secondary N) is 1. The van der Waals surface area contributed by atoms with E-state index in [1.54, 1.807) is 17.8 Å². The summed E-state index contributed by atoms with van der Waals surface area (Å²) in [6, 6.07) is 4.02. The van der Waals surface area contributed by atoms with Crippen LogP contribution in [0, 0.1) is 5.82 Å². The zero-order chi connectivity index (χ0) is 12.7. The van der Waals surface area contributed by atoms with E-state index in [1.165, 1.54) is 12.1 Å². The van der Waals surface area contributed by atoms with Crippen LogP contribution in [0.15, 0.2) is 30.9 Å². The molecule has 17 heavy (non-hydrogen) atoms. The third-order valence-electron chi connectivity index (χ3n) is 2.01. The topological polar surface area (TPSA) is 49.3 Å². The van der Waals surface area contributed by atoms with Crippen molar-refractivity contribution >= 4 is 23.4 Å². The van der Waals surface area contributed by atoms with Crippen molar-refractivity contribution in [2.45, 2.75) is 0 Å². The number of aromatic carboxylic acids is 1. The fourth-order valence-electron chi connectivity index (χ4n) is 1.23. The van der Waals surface area contributed by atoms with Gasteiger partial charge in [-0.2, -0.15) is 11.8 Å². The third-order valence-corrected chi connectivity index (χ3v) is 2.97. The van der Waals surface area contributed by atoms with Gasteiger partial charge in [-0.25, -0.2) is 9.18 Å². The monoisotopic (exact) mass is 255 g/mol. The van der Waals surface area contributed by atoms with Gasteiger partial charge in [-0.05, 0) is 18.2 Å². The van der Waals surface area contributed by atoms with E-state index in [0.717, 1.165) is 11.5 Å². The Bertz CT molecular complexity index is 409. The Balaban J connectivity index is 2.47. The molecule has 0 fully saturated rings. The normalized spacial score (nSPS) is 9.94. The highest BCUT2D eigenvalue weighted by Gasteiger charge is 2.09. The number of benzene rings is 1. The number of carbonyl (C=O) groups is 1. The Morgan fingerprint density at radius 1 is 1.59 bits per heavy atom. The fraction of sp³-hybridized carbons (Fsp3) is 0.250. The number of carboxylic acids is 1. The molecule has 0 aliphatic carbocycles. The first-order valence-corrected chi connectivity index (χ1v) is 6.26. The molecule has 0 spiro atoms. The molecule has 0 amide bonds. The summed E-state index contributed by atoms with van der Waals surface area (Å²) in [5.74, 6) is -0.209. The van der Waals surface area contributed by atoms with Crippen LogP contribution in [0.4, 0.5) is 10.1 Å². The maximum Gasteiger partial charge on any atom is 0.338 e. The van der Waals surface area contributed by atoms with Gasteiger partial charge >= 0.3 is 5.97 Å². The molecule has 0 radical (unpaired) electrons. The van der Waals surface area contributed by atoms with Gasteiger partial charge in [-0.1, -0.05) is 6.08 Å². The van der Waals surface area contributed by atoms with Crippen LogP contribution in [0.2, 0.25) is 0 Å². The van der Waals surface area contributed by atoms with Crippen LogP contribution in [-0.2, 0) is 0 Å². The van der Waals surface area contributed by atoms with Gasteiger partial charge in [-0.3, -0.25) is 0 Å². The number of hydrogen-bond donors (Lipinski definition) is 2. The lowest BCUT2D eigenvalue weighted by Crippen LogP contribution is -2.06. The van der Waals surface area contributed by atoms with Crippen molar-refractivity contribution in [2.75, 3.05) is 23.4 Å². The van der Waals surface area contributed by atoms with E-state index in [4.69, 9.17) is 5.11 Å². The van der Waals surface area contributed by atoms with Crippen molar-refractivity contribution in [1.82, 2.24) is 0 Å². The highest BCUT2D eigenvalue weighted by molar-refractivity contribution is 7.99. The summed E-state index contributed by atoms with van der Waals surface area (Å²) in [6.07, 6.45) is 1.83. The molecule has 1 aromatic rings. The van der Waals surface area contributed by atoms with Crippen LogP contribution >= 0.6 is 11.8 Å². The summed E-state index contributed by atoms with van der Waals surface area (Å²) in [7, 11) is 0. The molecule has 5 heteroatoms. The van der Waals surface area contributed by atoms with E-state index in [9.17, 15) is 9.18 Å². The summed E-state index contributed by atoms with van der Waals surface area (Å²) in [4.78, 5) is 10.6. The molecule has 0 heterocycles. The maximum absolute atomic E-state index is 13.3. The average Bonchev–Trinajstić information content (AvgIpc) is 2.28. The van der Waals surface area contributed by atoms with E-state index >= 15 is 0 Å². The van der Waals surface area contributed by atoms with Gasteiger partial charge in [0.2, 0.25) is 0 Å². The first-order valence-electron chi connectivity index (χ1n) is 5.10. The molecule has 92 valence electrons. The second-order valence-electron chi connectivity index (χ2n) is 3.29. The SMILES string of the molecule is C=CCSCCNc1ccc(C(=O)O)c(F)c1. The van der Waals surface area contributed by atoms with Crippen LogP contribution in [0.5, 0.6) is 0 Å². The number of thioether (sulfide) groups is 1. The van der Waals surface area contributed by atoms with Crippen molar-refractivity contribution in [3.05, 3.63) is 42.2 Å². The molecule has 1 aromatic carbocycles. The minimum atomic E-state index is -1.25. The Kier molecular flexibility index (Phi) is 5.56. The largest absolute Gasteiger partial charge is 0.478 e. The Morgan fingerprint density at radius 2 is 2.35 bits per heavy atom. The van der Waals surface area contributed by atoms with Gasteiger partial charge in [-0.15, -0.1) is 6.58 Å². The molecule has 0 atom stereocenters. The number of hydrogen-bond acceptors (Lipinski definition) is 3. The molecular formula is C12H14FNO2S. The van der Waals surface area contributed by atoms with Gasteiger partial charge in [0.05, 0.1) is 5.56 Å². The van der Waals surface area contributed by atoms with Crippen molar-refractivity contribution in [1.29, 1.82) is 0 Å². The van der Waals surface area contributed by atoms with Crippen molar-refractivity contribution in [2.24, 2.45) is 0 Å². The van der Waals surface area contributed by atoms with Gasteiger partial charge in [0, 0.05) is 23.7 Å². The molecule has 0 aromatic heterocycles. The molecule has 2 N–H and O–H groups in total. The molecule has 0 bridgehead atoms. The van der Waals surface area contributed by atoms with Gasteiger partial charge in [0.1, 0.15) is 5.82 Å². The summed E-state index contributed by atoms with van der Waals surface area (Å²) < 4.78 is 13.3. The summed E-state index contributed by atoms with van der Waals surface area (Å²) in [5.41, 5.74) is 0.281. The smallest absolute Gasteiger partial charge is 0.338 e. The summed E-state index contributed by atoms with van der Waals surface area (Å²) in [6.45, 7) is 4.31. The molecule has 0 aliphatic heterocycles. The zero-order valence-corrected chi connectivity index (χ0v) is 10.1. The van der Waals surface area contributed by atoms with Gasteiger partial charge in [0.25, 0.3) is 0 Å². The predicted octanol–water partition coefficient (Wildman–Crippen LogP) is 2.86.